The van der Waals surface area contributed by atoms with E-state index in [2.05, 4.69) is 5.32 Å². The summed E-state index contributed by atoms with van der Waals surface area (Å²) in [6, 6.07) is -0.743. The number of carboxylic acid groups (broad SMARTS) is 1. The molecule has 0 saturated heterocycles. The van der Waals surface area contributed by atoms with Crippen molar-refractivity contribution in [3.8, 4) is 0 Å². The third kappa shape index (κ3) is 5.67. The Labute approximate surface area is 94.8 Å². The number of unbranched alkanes of at least 4 members (excludes halogenated alkanes) is 1. The van der Waals surface area contributed by atoms with Crippen molar-refractivity contribution in [2.75, 3.05) is 6.26 Å². The smallest absolute Gasteiger partial charge is 0.326 e. The molecular formula is C10H19NO3S. The molecule has 0 aromatic rings. The largest absolute Gasteiger partial charge is 0.480 e. The molecule has 0 radical (unpaired) electrons. The Kier molecular flexibility index (Phi) is 7.21. The second-order valence-electron chi connectivity index (χ2n) is 3.42. The quantitative estimate of drug-likeness (QED) is 0.699. The van der Waals surface area contributed by atoms with Gasteiger partial charge in [-0.25, -0.2) is 4.79 Å². The van der Waals surface area contributed by atoms with Crippen molar-refractivity contribution in [1.29, 1.82) is 0 Å². The summed E-state index contributed by atoms with van der Waals surface area (Å²) in [4.78, 5) is 22.3. The van der Waals surface area contributed by atoms with Gasteiger partial charge in [0.1, 0.15) is 6.04 Å². The van der Waals surface area contributed by atoms with Gasteiger partial charge in [-0.2, -0.15) is 11.8 Å². The Balaban J connectivity index is 4.16. The lowest BCUT2D eigenvalue weighted by Crippen LogP contribution is -2.43. The van der Waals surface area contributed by atoms with Crippen LogP contribution in [0.2, 0.25) is 0 Å². The van der Waals surface area contributed by atoms with Crippen LogP contribution in [0.5, 0.6) is 0 Å². The number of thioether (sulfide) groups is 1. The summed E-state index contributed by atoms with van der Waals surface area (Å²) in [6.07, 6.45) is 4.06. The van der Waals surface area contributed by atoms with Crippen LogP contribution in [0.4, 0.5) is 0 Å². The third-order valence-electron chi connectivity index (χ3n) is 2.18. The third-order valence-corrected chi connectivity index (χ3v) is 3.10. The Morgan fingerprint density at radius 2 is 2.07 bits per heavy atom. The van der Waals surface area contributed by atoms with Crippen LogP contribution in [0.15, 0.2) is 0 Å². The van der Waals surface area contributed by atoms with E-state index in [1.54, 1.807) is 6.92 Å². The van der Waals surface area contributed by atoms with E-state index in [1.165, 1.54) is 11.8 Å². The number of carboxylic acids is 1. The van der Waals surface area contributed by atoms with Gasteiger partial charge in [0.2, 0.25) is 5.91 Å². The fraction of sp³-hybridized carbons (Fsp3) is 0.800. The SMILES string of the molecule is CCCC[C@H](NC(=O)C(C)SC)C(=O)O. The van der Waals surface area contributed by atoms with Crippen molar-refractivity contribution < 1.29 is 14.7 Å². The van der Waals surface area contributed by atoms with E-state index in [-0.39, 0.29) is 11.2 Å². The Bertz CT molecular complexity index is 221. The number of amides is 1. The Morgan fingerprint density at radius 3 is 2.47 bits per heavy atom. The van der Waals surface area contributed by atoms with Gasteiger partial charge in [-0.15, -0.1) is 0 Å². The second-order valence-corrected chi connectivity index (χ2v) is 4.60. The highest BCUT2D eigenvalue weighted by atomic mass is 32.2. The van der Waals surface area contributed by atoms with E-state index in [4.69, 9.17) is 5.11 Å². The highest BCUT2D eigenvalue weighted by Gasteiger charge is 2.21. The zero-order valence-electron chi connectivity index (χ0n) is 9.45. The molecule has 0 aromatic heterocycles. The van der Waals surface area contributed by atoms with E-state index in [0.717, 1.165) is 12.8 Å². The first-order valence-electron chi connectivity index (χ1n) is 5.08. The maximum Gasteiger partial charge on any atom is 0.326 e. The molecule has 1 unspecified atom stereocenters. The normalized spacial score (nSPS) is 14.3. The Hall–Kier alpha value is -0.710. The first kappa shape index (κ1) is 14.3. The van der Waals surface area contributed by atoms with Gasteiger partial charge in [0.15, 0.2) is 0 Å². The monoisotopic (exact) mass is 233 g/mol. The van der Waals surface area contributed by atoms with E-state index < -0.39 is 12.0 Å². The van der Waals surface area contributed by atoms with Gasteiger partial charge in [-0.05, 0) is 19.6 Å². The molecule has 5 heteroatoms. The number of nitrogens with one attached hydrogen (secondary N) is 1. The number of hydrogen-bond acceptors (Lipinski definition) is 3. The molecule has 0 heterocycles. The van der Waals surface area contributed by atoms with Gasteiger partial charge in [-0.1, -0.05) is 19.8 Å². The highest BCUT2D eigenvalue weighted by Crippen LogP contribution is 2.07. The molecule has 0 rings (SSSR count). The summed E-state index contributed by atoms with van der Waals surface area (Å²) in [5.74, 6) is -1.16. The van der Waals surface area contributed by atoms with Crippen LogP contribution in [-0.2, 0) is 9.59 Å². The molecule has 2 N–H and O–H groups in total. The topological polar surface area (TPSA) is 66.4 Å². The highest BCUT2D eigenvalue weighted by molar-refractivity contribution is 7.99. The maximum atomic E-state index is 11.5. The second kappa shape index (κ2) is 7.56. The zero-order chi connectivity index (χ0) is 11.8. The van der Waals surface area contributed by atoms with E-state index in [9.17, 15) is 9.59 Å². The minimum Gasteiger partial charge on any atom is -0.480 e. The number of hydrogen-bond donors (Lipinski definition) is 2. The molecule has 0 spiro atoms. The van der Waals surface area contributed by atoms with Gasteiger partial charge in [-0.3, -0.25) is 4.79 Å². The number of carbonyl (C=O) groups is 2. The summed E-state index contributed by atoms with van der Waals surface area (Å²) in [7, 11) is 0. The molecule has 0 aliphatic rings. The minimum atomic E-state index is -0.954. The van der Waals surface area contributed by atoms with Crippen molar-refractivity contribution >= 4 is 23.6 Å². The summed E-state index contributed by atoms with van der Waals surface area (Å²) in [5, 5.41) is 11.2. The predicted octanol–water partition coefficient (Wildman–Crippen LogP) is 1.50. The summed E-state index contributed by atoms with van der Waals surface area (Å²) >= 11 is 1.41. The summed E-state index contributed by atoms with van der Waals surface area (Å²) < 4.78 is 0. The molecule has 2 atom stereocenters. The van der Waals surface area contributed by atoms with E-state index in [1.807, 2.05) is 13.2 Å². The number of rotatable bonds is 7. The summed E-state index contributed by atoms with van der Waals surface area (Å²) in [5.41, 5.74) is 0. The average Bonchev–Trinajstić information content (AvgIpc) is 2.22. The van der Waals surface area contributed by atoms with E-state index >= 15 is 0 Å². The van der Waals surface area contributed by atoms with Gasteiger partial charge in [0, 0.05) is 0 Å². The molecule has 15 heavy (non-hydrogen) atoms. The molecular weight excluding hydrogens is 214 g/mol. The maximum absolute atomic E-state index is 11.5. The van der Waals surface area contributed by atoms with Crippen molar-refractivity contribution in [3.05, 3.63) is 0 Å². The molecule has 88 valence electrons. The van der Waals surface area contributed by atoms with Crippen molar-refractivity contribution in [3.63, 3.8) is 0 Å². The number of aliphatic carboxylic acids is 1. The fourth-order valence-corrected chi connectivity index (χ4v) is 1.34. The van der Waals surface area contributed by atoms with Crippen LogP contribution in [0.25, 0.3) is 0 Å². The van der Waals surface area contributed by atoms with Crippen LogP contribution in [0, 0.1) is 0 Å². The summed E-state index contributed by atoms with van der Waals surface area (Å²) in [6.45, 7) is 3.75. The molecule has 0 bridgehead atoms. The molecule has 0 aromatic carbocycles. The molecule has 1 amide bonds. The van der Waals surface area contributed by atoms with Crippen LogP contribution in [-0.4, -0.2) is 34.5 Å². The van der Waals surface area contributed by atoms with E-state index in [0.29, 0.717) is 6.42 Å². The first-order chi connectivity index (χ1) is 7.02. The lowest BCUT2D eigenvalue weighted by atomic mass is 10.1. The fourth-order valence-electron chi connectivity index (χ4n) is 1.06. The van der Waals surface area contributed by atoms with Gasteiger partial charge in [0.25, 0.3) is 0 Å². The van der Waals surface area contributed by atoms with Crippen molar-refractivity contribution in [2.45, 2.75) is 44.4 Å². The van der Waals surface area contributed by atoms with Gasteiger partial charge >= 0.3 is 5.97 Å². The lowest BCUT2D eigenvalue weighted by Gasteiger charge is -2.16. The van der Waals surface area contributed by atoms with Crippen molar-refractivity contribution in [2.24, 2.45) is 0 Å². The zero-order valence-corrected chi connectivity index (χ0v) is 10.3. The number of carbonyl (C=O) groups excluding carboxylic acids is 1. The predicted molar refractivity (Wildman–Crippen MR) is 62.1 cm³/mol. The molecule has 4 nitrogen and oxygen atoms in total. The first-order valence-corrected chi connectivity index (χ1v) is 6.37. The van der Waals surface area contributed by atoms with Crippen LogP contribution < -0.4 is 5.32 Å². The van der Waals surface area contributed by atoms with Gasteiger partial charge < -0.3 is 10.4 Å². The van der Waals surface area contributed by atoms with Crippen LogP contribution in [0.3, 0.4) is 0 Å². The Morgan fingerprint density at radius 1 is 1.47 bits per heavy atom. The van der Waals surface area contributed by atoms with Crippen LogP contribution >= 0.6 is 11.8 Å². The van der Waals surface area contributed by atoms with Crippen LogP contribution in [0.1, 0.15) is 33.1 Å². The molecule has 0 saturated carbocycles. The molecule has 0 fully saturated rings. The molecule has 0 aliphatic carbocycles. The van der Waals surface area contributed by atoms with Gasteiger partial charge in [0.05, 0.1) is 5.25 Å². The minimum absolute atomic E-state index is 0.200. The average molecular weight is 233 g/mol. The standard InChI is InChI=1S/C10H19NO3S/c1-4-5-6-8(10(13)14)11-9(12)7(2)15-3/h7-8H,4-6H2,1-3H3,(H,11,12)(H,13,14)/t7?,8-/m0/s1. The molecule has 0 aliphatic heterocycles. The van der Waals surface area contributed by atoms with Crippen molar-refractivity contribution in [1.82, 2.24) is 5.32 Å². The lowest BCUT2D eigenvalue weighted by molar-refractivity contribution is -0.141.